The van der Waals surface area contributed by atoms with Crippen LogP contribution in [0.1, 0.15) is 24.6 Å². The van der Waals surface area contributed by atoms with Crippen LogP contribution in [0, 0.1) is 21.4 Å². The number of nitro benzene ring substituents is 1. The molecule has 0 saturated heterocycles. The molecule has 0 radical (unpaired) electrons. The average Bonchev–Trinajstić information content (AvgIpc) is 2.75. The molecule has 0 amide bonds. The van der Waals surface area contributed by atoms with Gasteiger partial charge in [0.05, 0.1) is 16.3 Å². The molecule has 0 aliphatic heterocycles. The van der Waals surface area contributed by atoms with Gasteiger partial charge in [0.15, 0.2) is 0 Å². The number of nitrogens with zero attached hydrogens (tertiary/aromatic N) is 4. The highest BCUT2D eigenvalue weighted by molar-refractivity contribution is 5.56. The minimum Gasteiger partial charge on any atom is -0.382 e. The summed E-state index contributed by atoms with van der Waals surface area (Å²) in [4.78, 5) is 10.1. The Kier molecular flexibility index (Phi) is 3.66. The molecule has 0 aliphatic rings. The van der Waals surface area contributed by atoms with Crippen LogP contribution in [0.4, 0.5) is 11.5 Å². The zero-order chi connectivity index (χ0) is 14.7. The van der Waals surface area contributed by atoms with Crippen molar-refractivity contribution in [3.8, 4) is 11.8 Å². The van der Waals surface area contributed by atoms with Gasteiger partial charge in [-0.25, -0.2) is 4.68 Å². The predicted octanol–water partition coefficient (Wildman–Crippen LogP) is 2.19. The molecule has 7 heteroatoms. The lowest BCUT2D eigenvalue weighted by atomic mass is 10.2. The van der Waals surface area contributed by atoms with Gasteiger partial charge in [0.2, 0.25) is 0 Å². The van der Waals surface area contributed by atoms with E-state index in [1.54, 1.807) is 12.1 Å². The molecular formula is C13H13N5O2. The number of aryl methyl sites for hydroxylation is 1. The van der Waals surface area contributed by atoms with Crippen LogP contribution in [0.5, 0.6) is 0 Å². The number of nitrogen functional groups attached to an aromatic ring is 1. The molecule has 0 saturated carbocycles. The summed E-state index contributed by atoms with van der Waals surface area (Å²) in [6, 6.07) is 7.91. The van der Waals surface area contributed by atoms with Crippen LogP contribution >= 0.6 is 0 Å². The second kappa shape index (κ2) is 5.40. The summed E-state index contributed by atoms with van der Waals surface area (Å²) < 4.78 is 1.44. The number of hydrogen-bond donors (Lipinski definition) is 1. The molecule has 7 nitrogen and oxygen atoms in total. The molecule has 2 aromatic rings. The second-order valence-electron chi connectivity index (χ2n) is 4.25. The molecule has 0 unspecified atom stereocenters. The normalized spacial score (nSPS) is 10.2. The van der Waals surface area contributed by atoms with E-state index in [0.29, 0.717) is 23.4 Å². The third-order valence-corrected chi connectivity index (χ3v) is 2.90. The van der Waals surface area contributed by atoms with Crippen LogP contribution in [0.3, 0.4) is 0 Å². The van der Waals surface area contributed by atoms with Crippen molar-refractivity contribution < 1.29 is 4.92 Å². The maximum Gasteiger partial charge on any atom is 0.269 e. The third kappa shape index (κ3) is 2.31. The van der Waals surface area contributed by atoms with E-state index in [1.165, 1.54) is 16.8 Å². The van der Waals surface area contributed by atoms with Gasteiger partial charge in [-0.15, -0.1) is 0 Å². The number of benzene rings is 1. The van der Waals surface area contributed by atoms with Crippen molar-refractivity contribution in [1.29, 1.82) is 5.26 Å². The molecule has 0 fully saturated rings. The van der Waals surface area contributed by atoms with Crippen molar-refractivity contribution in [2.75, 3.05) is 5.73 Å². The van der Waals surface area contributed by atoms with E-state index in [1.807, 2.05) is 6.92 Å². The van der Waals surface area contributed by atoms with Crippen LogP contribution in [-0.2, 0) is 6.42 Å². The fourth-order valence-corrected chi connectivity index (χ4v) is 1.92. The van der Waals surface area contributed by atoms with Crippen molar-refractivity contribution in [2.45, 2.75) is 19.8 Å². The molecule has 1 heterocycles. The second-order valence-corrected chi connectivity index (χ2v) is 4.25. The summed E-state index contributed by atoms with van der Waals surface area (Å²) in [5.41, 5.74) is 7.51. The number of hydrogen-bond acceptors (Lipinski definition) is 5. The molecule has 0 atom stereocenters. The van der Waals surface area contributed by atoms with E-state index >= 15 is 0 Å². The summed E-state index contributed by atoms with van der Waals surface area (Å²) in [5, 5.41) is 24.1. The standard InChI is InChI=1S/C13H13N5O2/c1-2-3-12-11(8-14)13(15)17(16-12)9-4-6-10(7-5-9)18(19)20/h4-7H,2-3,15H2,1H3. The quantitative estimate of drug-likeness (QED) is 0.676. The van der Waals surface area contributed by atoms with Crippen molar-refractivity contribution >= 4 is 11.5 Å². The van der Waals surface area contributed by atoms with Crippen molar-refractivity contribution in [1.82, 2.24) is 9.78 Å². The van der Waals surface area contributed by atoms with Crippen molar-refractivity contribution in [3.63, 3.8) is 0 Å². The molecule has 1 aromatic carbocycles. The number of non-ortho nitro benzene ring substituents is 1. The zero-order valence-electron chi connectivity index (χ0n) is 10.9. The Labute approximate surface area is 115 Å². The van der Waals surface area contributed by atoms with Crippen LogP contribution in [0.2, 0.25) is 0 Å². The van der Waals surface area contributed by atoms with Crippen LogP contribution in [-0.4, -0.2) is 14.7 Å². The largest absolute Gasteiger partial charge is 0.382 e. The summed E-state index contributed by atoms with van der Waals surface area (Å²) in [7, 11) is 0. The predicted molar refractivity (Wildman–Crippen MR) is 73.3 cm³/mol. The zero-order valence-corrected chi connectivity index (χ0v) is 10.9. The molecule has 2 N–H and O–H groups in total. The summed E-state index contributed by atoms with van der Waals surface area (Å²) >= 11 is 0. The first-order valence-corrected chi connectivity index (χ1v) is 6.10. The Morgan fingerprint density at radius 2 is 2.10 bits per heavy atom. The molecule has 0 spiro atoms. The molecule has 2 rings (SSSR count). The number of anilines is 1. The maximum absolute atomic E-state index is 10.6. The molecule has 0 bridgehead atoms. The molecule has 102 valence electrons. The summed E-state index contributed by atoms with van der Waals surface area (Å²) in [5.74, 6) is 0.254. The van der Waals surface area contributed by atoms with Gasteiger partial charge in [0.25, 0.3) is 5.69 Å². The van der Waals surface area contributed by atoms with Crippen molar-refractivity contribution in [2.24, 2.45) is 0 Å². The Morgan fingerprint density at radius 1 is 1.45 bits per heavy atom. The monoisotopic (exact) mass is 271 g/mol. The fourth-order valence-electron chi connectivity index (χ4n) is 1.92. The Bertz CT molecular complexity index is 682. The van der Waals surface area contributed by atoms with Crippen LogP contribution in [0.25, 0.3) is 5.69 Å². The van der Waals surface area contributed by atoms with Gasteiger partial charge >= 0.3 is 0 Å². The molecule has 0 aliphatic carbocycles. The molecular weight excluding hydrogens is 258 g/mol. The van der Waals surface area contributed by atoms with Crippen molar-refractivity contribution in [3.05, 3.63) is 45.6 Å². The van der Waals surface area contributed by atoms with Gasteiger partial charge in [-0.2, -0.15) is 10.4 Å². The lowest BCUT2D eigenvalue weighted by molar-refractivity contribution is -0.384. The summed E-state index contributed by atoms with van der Waals surface area (Å²) in [6.45, 7) is 1.99. The van der Waals surface area contributed by atoms with Crippen LogP contribution in [0.15, 0.2) is 24.3 Å². The van der Waals surface area contributed by atoms with Gasteiger partial charge in [-0.3, -0.25) is 10.1 Å². The lowest BCUT2D eigenvalue weighted by Crippen LogP contribution is -2.02. The Morgan fingerprint density at radius 3 is 2.60 bits per heavy atom. The number of nitro groups is 1. The number of nitrogens with two attached hydrogens (primary N) is 1. The van der Waals surface area contributed by atoms with Crippen LogP contribution < -0.4 is 5.73 Å². The minimum atomic E-state index is -0.473. The fraction of sp³-hybridized carbons (Fsp3) is 0.231. The smallest absolute Gasteiger partial charge is 0.269 e. The first-order valence-electron chi connectivity index (χ1n) is 6.10. The van der Waals surface area contributed by atoms with E-state index in [-0.39, 0.29) is 11.5 Å². The first kappa shape index (κ1) is 13.5. The van der Waals surface area contributed by atoms with Gasteiger partial charge in [-0.05, 0) is 18.6 Å². The SMILES string of the molecule is CCCc1nn(-c2ccc([N+](=O)[O-])cc2)c(N)c1C#N. The lowest BCUT2D eigenvalue weighted by Gasteiger charge is -2.03. The first-order chi connectivity index (χ1) is 9.58. The molecule has 1 aromatic heterocycles. The number of aromatic nitrogens is 2. The third-order valence-electron chi connectivity index (χ3n) is 2.90. The van der Waals surface area contributed by atoms with E-state index in [0.717, 1.165) is 6.42 Å². The highest BCUT2D eigenvalue weighted by Crippen LogP contribution is 2.23. The van der Waals surface area contributed by atoms with Gasteiger partial charge in [0.1, 0.15) is 17.5 Å². The van der Waals surface area contributed by atoms with E-state index < -0.39 is 4.92 Å². The highest BCUT2D eigenvalue weighted by atomic mass is 16.6. The summed E-state index contributed by atoms with van der Waals surface area (Å²) in [6.07, 6.45) is 1.51. The van der Waals surface area contributed by atoms with Gasteiger partial charge in [0, 0.05) is 12.1 Å². The van der Waals surface area contributed by atoms with Gasteiger partial charge < -0.3 is 5.73 Å². The van der Waals surface area contributed by atoms with E-state index in [4.69, 9.17) is 11.0 Å². The van der Waals surface area contributed by atoms with E-state index in [9.17, 15) is 10.1 Å². The van der Waals surface area contributed by atoms with E-state index in [2.05, 4.69) is 11.2 Å². The number of nitriles is 1. The van der Waals surface area contributed by atoms with Gasteiger partial charge in [-0.1, -0.05) is 13.3 Å². The Balaban J connectivity index is 2.47. The maximum atomic E-state index is 10.6. The Hall–Kier alpha value is -2.88. The molecule has 20 heavy (non-hydrogen) atoms. The minimum absolute atomic E-state index is 0.00577. The highest BCUT2D eigenvalue weighted by Gasteiger charge is 2.16. The number of rotatable bonds is 4. The average molecular weight is 271 g/mol. The topological polar surface area (TPSA) is 111 Å².